The molecule has 0 aromatic carbocycles. The van der Waals surface area contributed by atoms with Crippen LogP contribution in [0.4, 0.5) is 0 Å². The molecule has 0 spiro atoms. The highest BCUT2D eigenvalue weighted by Gasteiger charge is 2.27. The van der Waals surface area contributed by atoms with Crippen LogP contribution >= 0.6 is 0 Å². The number of rotatable bonds is 6. The summed E-state index contributed by atoms with van der Waals surface area (Å²) in [6.07, 6.45) is 2.55. The Balaban J connectivity index is 2.51. The monoisotopic (exact) mass is 284 g/mol. The van der Waals surface area contributed by atoms with E-state index in [0.717, 1.165) is 25.9 Å². The van der Waals surface area contributed by atoms with Crippen LogP contribution in [-0.2, 0) is 14.3 Å². The van der Waals surface area contributed by atoms with Crippen molar-refractivity contribution >= 4 is 11.9 Å². The molecule has 1 fully saturated rings. The van der Waals surface area contributed by atoms with Gasteiger partial charge in [-0.25, -0.2) is 0 Å². The standard InChI is InChI=1S/C15H28N2O3/c1-5-12-8-13(16-15(19)11(2)3)10-17(9-12)7-6-14(18)20-4/h11-13H,5-10H2,1-4H3,(H,16,19). The summed E-state index contributed by atoms with van der Waals surface area (Å²) < 4.78 is 4.68. The highest BCUT2D eigenvalue weighted by molar-refractivity contribution is 5.78. The normalized spacial score (nSPS) is 23.6. The number of likely N-dealkylation sites (tertiary alicyclic amines) is 1. The van der Waals surface area contributed by atoms with Crippen molar-refractivity contribution in [3.05, 3.63) is 0 Å². The molecule has 0 bridgehead atoms. The fraction of sp³-hybridized carbons (Fsp3) is 0.867. The second-order valence-corrected chi connectivity index (χ2v) is 5.96. The molecular weight excluding hydrogens is 256 g/mol. The quantitative estimate of drug-likeness (QED) is 0.750. The Morgan fingerprint density at radius 3 is 2.60 bits per heavy atom. The van der Waals surface area contributed by atoms with E-state index in [-0.39, 0.29) is 23.8 Å². The van der Waals surface area contributed by atoms with Crippen LogP contribution in [-0.4, -0.2) is 49.6 Å². The van der Waals surface area contributed by atoms with Crippen LogP contribution in [0.5, 0.6) is 0 Å². The minimum absolute atomic E-state index is 0.0144. The van der Waals surface area contributed by atoms with Gasteiger partial charge < -0.3 is 15.0 Å². The predicted octanol–water partition coefficient (Wildman–Crippen LogP) is 1.42. The van der Waals surface area contributed by atoms with Gasteiger partial charge in [-0.05, 0) is 12.3 Å². The molecule has 1 rings (SSSR count). The SMILES string of the molecule is CCC1CC(NC(=O)C(C)C)CN(CCC(=O)OC)C1. The van der Waals surface area contributed by atoms with Crippen LogP contribution in [0.3, 0.4) is 0 Å². The summed E-state index contributed by atoms with van der Waals surface area (Å²) >= 11 is 0. The lowest BCUT2D eigenvalue weighted by atomic mass is 9.91. The Labute approximate surface area is 122 Å². The highest BCUT2D eigenvalue weighted by Crippen LogP contribution is 2.20. The number of hydrogen-bond acceptors (Lipinski definition) is 4. The molecule has 0 saturated carbocycles. The van der Waals surface area contributed by atoms with Crippen LogP contribution in [0.15, 0.2) is 0 Å². The van der Waals surface area contributed by atoms with Crippen molar-refractivity contribution in [3.63, 3.8) is 0 Å². The number of ether oxygens (including phenoxy) is 1. The van der Waals surface area contributed by atoms with Gasteiger partial charge in [0.2, 0.25) is 5.91 Å². The molecule has 2 unspecified atom stereocenters. The topological polar surface area (TPSA) is 58.6 Å². The first-order valence-electron chi connectivity index (χ1n) is 7.55. The molecular formula is C15H28N2O3. The van der Waals surface area contributed by atoms with E-state index < -0.39 is 0 Å². The Kier molecular flexibility index (Phi) is 6.99. The number of hydrogen-bond donors (Lipinski definition) is 1. The predicted molar refractivity (Wildman–Crippen MR) is 78.2 cm³/mol. The number of methoxy groups -OCH3 is 1. The molecule has 2 atom stereocenters. The first kappa shape index (κ1) is 17.0. The molecule has 0 aliphatic carbocycles. The summed E-state index contributed by atoms with van der Waals surface area (Å²) in [6, 6.07) is 0.196. The van der Waals surface area contributed by atoms with Gasteiger partial charge in [0, 0.05) is 31.6 Å². The van der Waals surface area contributed by atoms with E-state index in [1.54, 1.807) is 0 Å². The molecule has 1 heterocycles. The van der Waals surface area contributed by atoms with E-state index in [1.165, 1.54) is 7.11 Å². The van der Waals surface area contributed by atoms with Crippen LogP contribution < -0.4 is 5.32 Å². The maximum absolute atomic E-state index is 11.8. The molecule has 0 radical (unpaired) electrons. The third kappa shape index (κ3) is 5.49. The first-order valence-corrected chi connectivity index (χ1v) is 7.55. The molecule has 20 heavy (non-hydrogen) atoms. The maximum Gasteiger partial charge on any atom is 0.306 e. The minimum Gasteiger partial charge on any atom is -0.469 e. The summed E-state index contributed by atoms with van der Waals surface area (Å²) in [5.74, 6) is 0.533. The number of carbonyl (C=O) groups is 2. The van der Waals surface area contributed by atoms with Gasteiger partial charge in [0.1, 0.15) is 0 Å². The number of nitrogens with zero attached hydrogens (tertiary/aromatic N) is 1. The van der Waals surface area contributed by atoms with Crippen molar-refractivity contribution in [2.75, 3.05) is 26.7 Å². The fourth-order valence-corrected chi connectivity index (χ4v) is 2.61. The van der Waals surface area contributed by atoms with Gasteiger partial charge in [0.05, 0.1) is 13.5 Å². The van der Waals surface area contributed by atoms with Crippen LogP contribution in [0.25, 0.3) is 0 Å². The summed E-state index contributed by atoms with van der Waals surface area (Å²) in [7, 11) is 1.42. The second kappa shape index (κ2) is 8.25. The Morgan fingerprint density at radius 2 is 2.05 bits per heavy atom. The number of carbonyl (C=O) groups excluding carboxylic acids is 2. The molecule has 1 amide bonds. The van der Waals surface area contributed by atoms with E-state index in [1.807, 2.05) is 13.8 Å². The zero-order valence-corrected chi connectivity index (χ0v) is 13.1. The molecule has 1 N–H and O–H groups in total. The number of esters is 1. The summed E-state index contributed by atoms with van der Waals surface area (Å²) in [5.41, 5.74) is 0. The van der Waals surface area contributed by atoms with E-state index in [9.17, 15) is 9.59 Å². The number of nitrogens with one attached hydrogen (secondary N) is 1. The van der Waals surface area contributed by atoms with Crippen LogP contribution in [0.1, 0.15) is 40.0 Å². The zero-order valence-electron chi connectivity index (χ0n) is 13.1. The van der Waals surface area contributed by atoms with E-state index in [0.29, 0.717) is 18.9 Å². The van der Waals surface area contributed by atoms with Crippen LogP contribution in [0, 0.1) is 11.8 Å². The van der Waals surface area contributed by atoms with Crippen LogP contribution in [0.2, 0.25) is 0 Å². The molecule has 5 nitrogen and oxygen atoms in total. The number of piperidine rings is 1. The Morgan fingerprint density at radius 1 is 1.35 bits per heavy atom. The van der Waals surface area contributed by atoms with Gasteiger partial charge in [-0.2, -0.15) is 0 Å². The third-order valence-electron chi connectivity index (χ3n) is 3.92. The summed E-state index contributed by atoms with van der Waals surface area (Å²) in [6.45, 7) is 8.52. The van der Waals surface area contributed by atoms with Crippen molar-refractivity contribution in [1.29, 1.82) is 0 Å². The zero-order chi connectivity index (χ0) is 15.1. The van der Waals surface area contributed by atoms with Crippen molar-refractivity contribution < 1.29 is 14.3 Å². The van der Waals surface area contributed by atoms with Gasteiger partial charge in [0.25, 0.3) is 0 Å². The largest absolute Gasteiger partial charge is 0.469 e. The molecule has 116 valence electrons. The minimum atomic E-state index is -0.175. The molecule has 1 aliphatic rings. The molecule has 0 aromatic heterocycles. The van der Waals surface area contributed by atoms with Gasteiger partial charge in [-0.15, -0.1) is 0 Å². The summed E-state index contributed by atoms with van der Waals surface area (Å²) in [5, 5.41) is 3.12. The lowest BCUT2D eigenvalue weighted by Crippen LogP contribution is -2.51. The van der Waals surface area contributed by atoms with Crippen molar-refractivity contribution in [3.8, 4) is 0 Å². The van der Waals surface area contributed by atoms with Gasteiger partial charge in [0.15, 0.2) is 0 Å². The molecule has 1 saturated heterocycles. The van der Waals surface area contributed by atoms with E-state index in [4.69, 9.17) is 0 Å². The van der Waals surface area contributed by atoms with Gasteiger partial charge >= 0.3 is 5.97 Å². The first-order chi connectivity index (χ1) is 9.46. The third-order valence-corrected chi connectivity index (χ3v) is 3.92. The lowest BCUT2D eigenvalue weighted by Gasteiger charge is -2.38. The van der Waals surface area contributed by atoms with Gasteiger partial charge in [-0.1, -0.05) is 27.2 Å². The summed E-state index contributed by atoms with van der Waals surface area (Å²) in [4.78, 5) is 25.3. The highest BCUT2D eigenvalue weighted by atomic mass is 16.5. The Hall–Kier alpha value is -1.10. The molecule has 5 heteroatoms. The fourth-order valence-electron chi connectivity index (χ4n) is 2.61. The smallest absolute Gasteiger partial charge is 0.306 e. The van der Waals surface area contributed by atoms with E-state index in [2.05, 4.69) is 21.9 Å². The van der Waals surface area contributed by atoms with Gasteiger partial charge in [-0.3, -0.25) is 9.59 Å². The van der Waals surface area contributed by atoms with Crippen molar-refractivity contribution in [2.45, 2.75) is 46.1 Å². The molecule has 1 aliphatic heterocycles. The number of amides is 1. The second-order valence-electron chi connectivity index (χ2n) is 5.96. The Bertz CT molecular complexity index is 331. The maximum atomic E-state index is 11.8. The molecule has 0 aromatic rings. The van der Waals surface area contributed by atoms with Crippen molar-refractivity contribution in [1.82, 2.24) is 10.2 Å². The van der Waals surface area contributed by atoms with E-state index >= 15 is 0 Å². The average molecular weight is 284 g/mol. The average Bonchev–Trinajstić information content (AvgIpc) is 2.44. The van der Waals surface area contributed by atoms with Crippen molar-refractivity contribution in [2.24, 2.45) is 11.8 Å². The lowest BCUT2D eigenvalue weighted by molar-refractivity contribution is -0.141.